The van der Waals surface area contributed by atoms with Crippen molar-refractivity contribution in [3.8, 4) is 0 Å². The van der Waals surface area contributed by atoms with Crippen molar-refractivity contribution in [2.45, 2.75) is 12.8 Å². The van der Waals surface area contributed by atoms with Crippen LogP contribution in [0.15, 0.2) is 42.5 Å². The van der Waals surface area contributed by atoms with Crippen molar-refractivity contribution in [2.75, 3.05) is 18.1 Å². The smallest absolute Gasteiger partial charge is 0.338 e. The van der Waals surface area contributed by atoms with Gasteiger partial charge in [0.2, 0.25) is 0 Å². The van der Waals surface area contributed by atoms with E-state index in [0.29, 0.717) is 6.54 Å². The van der Waals surface area contributed by atoms with Gasteiger partial charge in [-0.3, -0.25) is 4.79 Å². The average Bonchev–Trinajstić information content (AvgIpc) is 2.61. The van der Waals surface area contributed by atoms with Gasteiger partial charge >= 0.3 is 5.97 Å². The first-order valence-corrected chi connectivity index (χ1v) is 7.56. The standard InChI is InChI=1S/C18H15F2NO3/c19-14-8-7-13(10-15(14)20)18(23)24-11-17(22)21-9-3-5-12-4-1-2-6-16(12)21/h1-2,4,6-8,10H,3,5,9,11H2. The number of carbonyl (C=O) groups excluding carboxylic acids is 2. The van der Waals surface area contributed by atoms with Gasteiger partial charge in [0.05, 0.1) is 5.56 Å². The Morgan fingerprint density at radius 3 is 2.67 bits per heavy atom. The Morgan fingerprint density at radius 2 is 1.88 bits per heavy atom. The normalized spacial score (nSPS) is 13.3. The van der Waals surface area contributed by atoms with Crippen LogP contribution in [0.1, 0.15) is 22.3 Å². The van der Waals surface area contributed by atoms with Crippen LogP contribution in [0.4, 0.5) is 14.5 Å². The lowest BCUT2D eigenvalue weighted by atomic mass is 10.0. The van der Waals surface area contributed by atoms with Crippen LogP contribution >= 0.6 is 0 Å². The number of benzene rings is 2. The first-order valence-electron chi connectivity index (χ1n) is 7.56. The van der Waals surface area contributed by atoms with Crippen LogP contribution in [0.3, 0.4) is 0 Å². The first-order chi connectivity index (χ1) is 11.6. The van der Waals surface area contributed by atoms with Crippen LogP contribution < -0.4 is 4.90 Å². The Hall–Kier alpha value is -2.76. The third-order valence-electron chi connectivity index (χ3n) is 3.89. The van der Waals surface area contributed by atoms with Crippen molar-refractivity contribution in [3.05, 3.63) is 65.2 Å². The van der Waals surface area contributed by atoms with Crippen molar-refractivity contribution < 1.29 is 23.1 Å². The zero-order valence-corrected chi connectivity index (χ0v) is 12.8. The number of hydrogen-bond acceptors (Lipinski definition) is 3. The second-order valence-electron chi connectivity index (χ2n) is 5.48. The minimum absolute atomic E-state index is 0.138. The highest BCUT2D eigenvalue weighted by molar-refractivity contribution is 5.97. The van der Waals surface area contributed by atoms with Crippen molar-refractivity contribution in [3.63, 3.8) is 0 Å². The number of anilines is 1. The van der Waals surface area contributed by atoms with Crippen LogP contribution in [-0.2, 0) is 16.0 Å². The van der Waals surface area contributed by atoms with Crippen LogP contribution in [0.2, 0.25) is 0 Å². The Balaban J connectivity index is 1.66. The number of ether oxygens (including phenoxy) is 1. The topological polar surface area (TPSA) is 46.6 Å². The van der Waals surface area contributed by atoms with Crippen molar-refractivity contribution >= 4 is 17.6 Å². The van der Waals surface area contributed by atoms with E-state index in [0.717, 1.165) is 42.3 Å². The Bertz CT molecular complexity index is 792. The third-order valence-corrected chi connectivity index (χ3v) is 3.89. The fourth-order valence-corrected chi connectivity index (χ4v) is 2.70. The van der Waals surface area contributed by atoms with Crippen LogP contribution in [-0.4, -0.2) is 25.0 Å². The molecular formula is C18H15F2NO3. The number of rotatable bonds is 3. The fraction of sp³-hybridized carbons (Fsp3) is 0.222. The predicted molar refractivity (Wildman–Crippen MR) is 83.8 cm³/mol. The lowest BCUT2D eigenvalue weighted by Gasteiger charge is -2.29. The molecule has 0 saturated carbocycles. The molecule has 6 heteroatoms. The summed E-state index contributed by atoms with van der Waals surface area (Å²) in [6.07, 6.45) is 1.73. The zero-order chi connectivity index (χ0) is 17.1. The molecule has 0 atom stereocenters. The lowest BCUT2D eigenvalue weighted by molar-refractivity contribution is -0.121. The number of fused-ring (bicyclic) bond motifs is 1. The Morgan fingerprint density at radius 1 is 1.08 bits per heavy atom. The largest absolute Gasteiger partial charge is 0.452 e. The highest BCUT2D eigenvalue weighted by Gasteiger charge is 2.23. The lowest BCUT2D eigenvalue weighted by Crippen LogP contribution is -2.38. The van der Waals surface area contributed by atoms with E-state index < -0.39 is 24.2 Å². The minimum atomic E-state index is -1.14. The summed E-state index contributed by atoms with van der Waals surface area (Å²) in [5.41, 5.74) is 1.75. The molecule has 2 aromatic rings. The summed E-state index contributed by atoms with van der Waals surface area (Å²) in [7, 11) is 0. The maximum Gasteiger partial charge on any atom is 0.338 e. The first kappa shape index (κ1) is 16.1. The second kappa shape index (κ2) is 6.78. The number of para-hydroxylation sites is 1. The maximum atomic E-state index is 13.1. The quantitative estimate of drug-likeness (QED) is 0.812. The van der Waals surface area contributed by atoms with E-state index in [1.54, 1.807) is 4.90 Å². The maximum absolute atomic E-state index is 13.1. The van der Waals surface area contributed by atoms with Gasteiger partial charge in [-0.25, -0.2) is 13.6 Å². The summed E-state index contributed by atoms with van der Waals surface area (Å²) in [5, 5.41) is 0. The number of esters is 1. The zero-order valence-electron chi connectivity index (χ0n) is 12.8. The van der Waals surface area contributed by atoms with Crippen LogP contribution in [0.5, 0.6) is 0 Å². The summed E-state index contributed by atoms with van der Waals surface area (Å²) in [4.78, 5) is 25.8. The number of nitrogens with zero attached hydrogens (tertiary/aromatic N) is 1. The molecule has 0 spiro atoms. The van der Waals surface area contributed by atoms with Gasteiger partial charge in [-0.15, -0.1) is 0 Å². The molecule has 0 radical (unpaired) electrons. The summed E-state index contributed by atoms with van der Waals surface area (Å²) in [5.74, 6) is -3.40. The minimum Gasteiger partial charge on any atom is -0.452 e. The molecule has 124 valence electrons. The van der Waals surface area contributed by atoms with Gasteiger partial charge in [-0.05, 0) is 42.7 Å². The van der Waals surface area contributed by atoms with E-state index in [2.05, 4.69) is 0 Å². The summed E-state index contributed by atoms with van der Waals surface area (Å²) < 4.78 is 30.9. The summed E-state index contributed by atoms with van der Waals surface area (Å²) >= 11 is 0. The van der Waals surface area contributed by atoms with Crippen molar-refractivity contribution in [2.24, 2.45) is 0 Å². The number of carbonyl (C=O) groups is 2. The predicted octanol–water partition coefficient (Wildman–Crippen LogP) is 3.10. The number of aryl methyl sites for hydroxylation is 1. The van der Waals surface area contributed by atoms with Gasteiger partial charge in [-0.1, -0.05) is 18.2 Å². The molecule has 0 unspecified atom stereocenters. The van der Waals surface area contributed by atoms with E-state index in [1.165, 1.54) is 0 Å². The van der Waals surface area contributed by atoms with E-state index in [4.69, 9.17) is 4.74 Å². The van der Waals surface area contributed by atoms with Gasteiger partial charge < -0.3 is 9.64 Å². The number of amides is 1. The second-order valence-corrected chi connectivity index (χ2v) is 5.48. The van der Waals surface area contributed by atoms with E-state index in [-0.39, 0.29) is 11.5 Å². The van der Waals surface area contributed by atoms with E-state index in [9.17, 15) is 18.4 Å². The molecule has 0 N–H and O–H groups in total. The fourth-order valence-electron chi connectivity index (χ4n) is 2.70. The van der Waals surface area contributed by atoms with Crippen LogP contribution in [0.25, 0.3) is 0 Å². The molecule has 2 aromatic carbocycles. The molecular weight excluding hydrogens is 316 g/mol. The molecule has 0 bridgehead atoms. The molecule has 0 saturated heterocycles. The molecule has 24 heavy (non-hydrogen) atoms. The Labute approximate surface area is 137 Å². The van der Waals surface area contributed by atoms with Crippen molar-refractivity contribution in [1.29, 1.82) is 0 Å². The van der Waals surface area contributed by atoms with Gasteiger partial charge in [0.15, 0.2) is 18.2 Å². The molecule has 1 heterocycles. The van der Waals surface area contributed by atoms with Crippen LogP contribution in [0, 0.1) is 11.6 Å². The molecule has 1 aliphatic heterocycles. The molecule has 1 aliphatic rings. The van der Waals surface area contributed by atoms with Gasteiger partial charge in [-0.2, -0.15) is 0 Å². The number of hydrogen-bond donors (Lipinski definition) is 0. The van der Waals surface area contributed by atoms with Gasteiger partial charge in [0.1, 0.15) is 0 Å². The Kier molecular flexibility index (Phi) is 4.55. The van der Waals surface area contributed by atoms with E-state index >= 15 is 0 Å². The third kappa shape index (κ3) is 3.27. The monoisotopic (exact) mass is 331 g/mol. The molecule has 3 rings (SSSR count). The van der Waals surface area contributed by atoms with Gasteiger partial charge in [0.25, 0.3) is 5.91 Å². The number of halogens is 2. The SMILES string of the molecule is O=C(OCC(=O)N1CCCc2ccccc21)c1ccc(F)c(F)c1. The van der Waals surface area contributed by atoms with E-state index in [1.807, 2.05) is 24.3 Å². The van der Waals surface area contributed by atoms with Crippen molar-refractivity contribution in [1.82, 2.24) is 0 Å². The molecule has 1 amide bonds. The molecule has 0 aromatic heterocycles. The average molecular weight is 331 g/mol. The highest BCUT2D eigenvalue weighted by Crippen LogP contribution is 2.26. The molecule has 4 nitrogen and oxygen atoms in total. The molecule has 0 fully saturated rings. The summed E-state index contributed by atoms with van der Waals surface area (Å²) in [6.45, 7) is 0.102. The van der Waals surface area contributed by atoms with Gasteiger partial charge in [0, 0.05) is 12.2 Å². The molecule has 0 aliphatic carbocycles. The highest BCUT2D eigenvalue weighted by atomic mass is 19.2. The summed E-state index contributed by atoms with van der Waals surface area (Å²) in [6, 6.07) is 10.3.